The predicted molar refractivity (Wildman–Crippen MR) is 93.4 cm³/mol. The van der Waals surface area contributed by atoms with E-state index in [-0.39, 0.29) is 5.91 Å². The highest BCUT2D eigenvalue weighted by atomic mass is 16.2. The molecule has 4 heteroatoms. The highest BCUT2D eigenvalue weighted by Crippen LogP contribution is 2.26. The van der Waals surface area contributed by atoms with Crippen molar-refractivity contribution in [3.63, 3.8) is 0 Å². The molecule has 4 nitrogen and oxygen atoms in total. The van der Waals surface area contributed by atoms with Crippen LogP contribution >= 0.6 is 0 Å². The van der Waals surface area contributed by atoms with E-state index in [0.29, 0.717) is 5.69 Å². The molecule has 2 rings (SSSR count). The summed E-state index contributed by atoms with van der Waals surface area (Å²) in [4.78, 5) is 17.2. The number of piperidine rings is 1. The molecule has 1 aliphatic rings. The third kappa shape index (κ3) is 3.93. The molecular formula is C18H29N3O. The van der Waals surface area contributed by atoms with E-state index in [1.807, 2.05) is 23.1 Å². The van der Waals surface area contributed by atoms with Crippen LogP contribution in [0.15, 0.2) is 18.2 Å². The highest BCUT2D eigenvalue weighted by molar-refractivity contribution is 6.00. The monoisotopic (exact) mass is 303 g/mol. The molecule has 0 radical (unpaired) electrons. The summed E-state index contributed by atoms with van der Waals surface area (Å²) in [6.07, 6.45) is 5.59. The predicted octanol–water partition coefficient (Wildman–Crippen LogP) is 3.52. The van der Waals surface area contributed by atoms with Crippen LogP contribution in [-0.4, -0.2) is 37.0 Å². The van der Waals surface area contributed by atoms with Crippen LogP contribution < -0.4 is 10.6 Å². The van der Waals surface area contributed by atoms with Gasteiger partial charge >= 0.3 is 0 Å². The van der Waals surface area contributed by atoms with Crippen molar-refractivity contribution in [1.29, 1.82) is 0 Å². The second-order valence-corrected chi connectivity index (χ2v) is 6.12. The summed E-state index contributed by atoms with van der Waals surface area (Å²) >= 11 is 0. The number of nitrogen functional groups attached to an aromatic ring is 1. The lowest BCUT2D eigenvalue weighted by molar-refractivity contribution is 0.0725. The Hall–Kier alpha value is -1.71. The van der Waals surface area contributed by atoms with Crippen LogP contribution in [0.2, 0.25) is 0 Å². The average molecular weight is 303 g/mol. The quantitative estimate of drug-likeness (QED) is 0.818. The minimum atomic E-state index is 0.138. The molecule has 0 spiro atoms. The van der Waals surface area contributed by atoms with Gasteiger partial charge in [0.25, 0.3) is 5.91 Å². The van der Waals surface area contributed by atoms with Crippen molar-refractivity contribution < 1.29 is 4.79 Å². The summed E-state index contributed by atoms with van der Waals surface area (Å²) in [5.74, 6) is 0.138. The number of carbonyl (C=O) groups is 1. The van der Waals surface area contributed by atoms with E-state index in [2.05, 4.69) is 18.7 Å². The van der Waals surface area contributed by atoms with Crippen LogP contribution in [0, 0.1) is 0 Å². The third-order valence-corrected chi connectivity index (χ3v) is 4.22. The van der Waals surface area contributed by atoms with E-state index in [1.165, 1.54) is 6.42 Å². The third-order valence-electron chi connectivity index (χ3n) is 4.22. The van der Waals surface area contributed by atoms with Crippen molar-refractivity contribution in [3.05, 3.63) is 23.8 Å². The number of amides is 1. The summed E-state index contributed by atoms with van der Waals surface area (Å²) < 4.78 is 0. The lowest BCUT2D eigenvalue weighted by Crippen LogP contribution is -2.37. The fourth-order valence-electron chi connectivity index (χ4n) is 3.16. The first-order valence-corrected chi connectivity index (χ1v) is 8.61. The summed E-state index contributed by atoms with van der Waals surface area (Å²) in [7, 11) is 0. The van der Waals surface area contributed by atoms with Crippen molar-refractivity contribution in [1.82, 2.24) is 4.90 Å². The molecule has 122 valence electrons. The molecule has 0 saturated carbocycles. The van der Waals surface area contributed by atoms with Gasteiger partial charge in [-0.15, -0.1) is 0 Å². The summed E-state index contributed by atoms with van der Waals surface area (Å²) in [6.45, 7) is 8.03. The SMILES string of the molecule is CCCN(CCC)c1ccc(N)cc1C(=O)N1CCCCC1. The van der Waals surface area contributed by atoms with Gasteiger partial charge in [0.15, 0.2) is 0 Å². The van der Waals surface area contributed by atoms with Gasteiger partial charge in [-0.2, -0.15) is 0 Å². The molecule has 1 aromatic carbocycles. The fourth-order valence-corrected chi connectivity index (χ4v) is 3.16. The Morgan fingerprint density at radius 2 is 1.77 bits per heavy atom. The number of likely N-dealkylation sites (tertiary alicyclic amines) is 1. The second kappa shape index (κ2) is 8.06. The number of hydrogen-bond donors (Lipinski definition) is 1. The minimum absolute atomic E-state index is 0.138. The molecular weight excluding hydrogens is 274 g/mol. The summed E-state index contributed by atoms with van der Waals surface area (Å²) in [5.41, 5.74) is 8.42. The lowest BCUT2D eigenvalue weighted by atomic mass is 10.1. The zero-order valence-corrected chi connectivity index (χ0v) is 14.0. The first-order chi connectivity index (χ1) is 10.7. The first kappa shape index (κ1) is 16.7. The Bertz CT molecular complexity index is 489. The van der Waals surface area contributed by atoms with Crippen LogP contribution in [0.1, 0.15) is 56.3 Å². The minimum Gasteiger partial charge on any atom is -0.399 e. The van der Waals surface area contributed by atoms with Crippen LogP contribution in [0.25, 0.3) is 0 Å². The summed E-state index contributed by atoms with van der Waals surface area (Å²) in [6, 6.07) is 5.77. The van der Waals surface area contributed by atoms with Gasteiger partial charge in [-0.05, 0) is 50.3 Å². The molecule has 1 fully saturated rings. The van der Waals surface area contributed by atoms with Crippen molar-refractivity contribution in [3.8, 4) is 0 Å². The lowest BCUT2D eigenvalue weighted by Gasteiger charge is -2.30. The van der Waals surface area contributed by atoms with Gasteiger partial charge in [0.1, 0.15) is 0 Å². The van der Waals surface area contributed by atoms with Gasteiger partial charge in [-0.3, -0.25) is 4.79 Å². The Labute approximate surface area is 134 Å². The molecule has 0 atom stereocenters. The molecule has 0 unspecified atom stereocenters. The van der Waals surface area contributed by atoms with E-state index in [0.717, 1.165) is 63.1 Å². The maximum atomic E-state index is 12.9. The van der Waals surface area contributed by atoms with Gasteiger partial charge in [0, 0.05) is 37.6 Å². The Morgan fingerprint density at radius 3 is 2.36 bits per heavy atom. The van der Waals surface area contributed by atoms with E-state index in [9.17, 15) is 4.79 Å². The Morgan fingerprint density at radius 1 is 1.14 bits per heavy atom. The largest absolute Gasteiger partial charge is 0.399 e. The summed E-state index contributed by atoms with van der Waals surface area (Å²) in [5, 5.41) is 0. The topological polar surface area (TPSA) is 49.6 Å². The molecule has 0 bridgehead atoms. The molecule has 1 heterocycles. The molecule has 1 aromatic rings. The number of nitrogens with two attached hydrogens (primary N) is 1. The van der Waals surface area contributed by atoms with E-state index in [4.69, 9.17) is 5.73 Å². The number of anilines is 2. The van der Waals surface area contributed by atoms with E-state index < -0.39 is 0 Å². The molecule has 0 aliphatic carbocycles. The Balaban J connectivity index is 2.31. The molecule has 2 N–H and O–H groups in total. The molecule has 1 saturated heterocycles. The van der Waals surface area contributed by atoms with Crippen molar-refractivity contribution in [2.24, 2.45) is 0 Å². The maximum absolute atomic E-state index is 12.9. The second-order valence-electron chi connectivity index (χ2n) is 6.12. The highest BCUT2D eigenvalue weighted by Gasteiger charge is 2.22. The van der Waals surface area contributed by atoms with E-state index in [1.54, 1.807) is 0 Å². The molecule has 1 amide bonds. The van der Waals surface area contributed by atoms with Gasteiger partial charge in [-0.25, -0.2) is 0 Å². The van der Waals surface area contributed by atoms with E-state index >= 15 is 0 Å². The van der Waals surface area contributed by atoms with Crippen LogP contribution in [0.5, 0.6) is 0 Å². The van der Waals surface area contributed by atoms with Gasteiger partial charge < -0.3 is 15.5 Å². The van der Waals surface area contributed by atoms with Gasteiger partial charge in [0.05, 0.1) is 5.56 Å². The zero-order chi connectivity index (χ0) is 15.9. The average Bonchev–Trinajstić information content (AvgIpc) is 2.55. The standard InChI is InChI=1S/C18H29N3O/c1-3-10-20(11-4-2)17-9-8-15(19)14-16(17)18(22)21-12-6-5-7-13-21/h8-9,14H,3-7,10-13,19H2,1-2H3. The smallest absolute Gasteiger partial charge is 0.256 e. The molecule has 0 aromatic heterocycles. The first-order valence-electron chi connectivity index (χ1n) is 8.61. The van der Waals surface area contributed by atoms with Gasteiger partial charge in [0.2, 0.25) is 0 Å². The fraction of sp³-hybridized carbons (Fsp3) is 0.611. The number of hydrogen-bond acceptors (Lipinski definition) is 3. The number of carbonyl (C=O) groups excluding carboxylic acids is 1. The molecule has 1 aliphatic heterocycles. The van der Waals surface area contributed by atoms with Crippen molar-refractivity contribution in [2.75, 3.05) is 36.8 Å². The number of nitrogens with zero attached hydrogens (tertiary/aromatic N) is 2. The van der Waals surface area contributed by atoms with Crippen LogP contribution in [0.4, 0.5) is 11.4 Å². The van der Waals surface area contributed by atoms with Crippen molar-refractivity contribution >= 4 is 17.3 Å². The normalized spacial score (nSPS) is 14.9. The zero-order valence-electron chi connectivity index (χ0n) is 14.0. The number of rotatable bonds is 6. The Kier molecular flexibility index (Phi) is 6.10. The maximum Gasteiger partial charge on any atom is 0.256 e. The van der Waals surface area contributed by atoms with Gasteiger partial charge in [-0.1, -0.05) is 13.8 Å². The number of benzene rings is 1. The van der Waals surface area contributed by atoms with Crippen LogP contribution in [-0.2, 0) is 0 Å². The molecule has 22 heavy (non-hydrogen) atoms. The van der Waals surface area contributed by atoms with Crippen molar-refractivity contribution in [2.45, 2.75) is 46.0 Å². The van der Waals surface area contributed by atoms with Crippen LogP contribution in [0.3, 0.4) is 0 Å².